The molecule has 2 unspecified atom stereocenters. The van der Waals surface area contributed by atoms with Crippen LogP contribution in [0.3, 0.4) is 0 Å². The van der Waals surface area contributed by atoms with Crippen molar-refractivity contribution in [2.24, 2.45) is 0 Å². The van der Waals surface area contributed by atoms with Gasteiger partial charge < -0.3 is 10.6 Å². The molecule has 3 aromatic rings. The SMILES string of the molecule is [C-]#[N+]C1=C(C2CCCCN2)Nc2[nH]ncc2C1c1cccc2nonc12. The summed E-state index contributed by atoms with van der Waals surface area (Å²) in [5, 5.41) is 22.2. The topological polar surface area (TPSA) is 96.0 Å². The monoisotopic (exact) mass is 347 g/mol. The summed E-state index contributed by atoms with van der Waals surface area (Å²) in [5.41, 5.74) is 4.82. The number of fused-ring (bicyclic) bond motifs is 2. The van der Waals surface area contributed by atoms with Gasteiger partial charge in [0, 0.05) is 17.3 Å². The molecule has 4 heterocycles. The first kappa shape index (κ1) is 15.1. The number of piperidine rings is 1. The summed E-state index contributed by atoms with van der Waals surface area (Å²) in [4.78, 5) is 3.94. The molecule has 0 radical (unpaired) electrons. The number of hydrogen-bond acceptors (Lipinski definition) is 6. The fraction of sp³-hybridized carbons (Fsp3) is 0.333. The molecular formula is C18H17N7O. The summed E-state index contributed by atoms with van der Waals surface area (Å²) in [6.45, 7) is 8.86. The van der Waals surface area contributed by atoms with Gasteiger partial charge in [-0.05, 0) is 41.3 Å². The van der Waals surface area contributed by atoms with E-state index in [1.165, 1.54) is 6.42 Å². The second-order valence-electron chi connectivity index (χ2n) is 6.65. The van der Waals surface area contributed by atoms with Crippen LogP contribution in [0.2, 0.25) is 0 Å². The molecule has 130 valence electrons. The van der Waals surface area contributed by atoms with Crippen LogP contribution in [0.4, 0.5) is 5.82 Å². The van der Waals surface area contributed by atoms with E-state index < -0.39 is 0 Å². The molecule has 0 saturated carbocycles. The zero-order valence-electron chi connectivity index (χ0n) is 14.0. The Kier molecular flexibility index (Phi) is 3.47. The highest BCUT2D eigenvalue weighted by molar-refractivity contribution is 5.80. The van der Waals surface area contributed by atoms with E-state index in [2.05, 4.69) is 36.0 Å². The lowest BCUT2D eigenvalue weighted by Crippen LogP contribution is -2.39. The van der Waals surface area contributed by atoms with Crippen LogP contribution in [-0.4, -0.2) is 33.1 Å². The highest BCUT2D eigenvalue weighted by Crippen LogP contribution is 2.44. The van der Waals surface area contributed by atoms with Gasteiger partial charge in [-0.3, -0.25) is 5.10 Å². The van der Waals surface area contributed by atoms with Gasteiger partial charge in [0.05, 0.1) is 18.7 Å². The van der Waals surface area contributed by atoms with Crippen molar-refractivity contribution in [3.8, 4) is 0 Å². The molecule has 0 bridgehead atoms. The van der Waals surface area contributed by atoms with E-state index in [1.54, 1.807) is 6.20 Å². The van der Waals surface area contributed by atoms with Gasteiger partial charge >= 0.3 is 0 Å². The van der Waals surface area contributed by atoms with Gasteiger partial charge in [-0.15, -0.1) is 0 Å². The predicted molar refractivity (Wildman–Crippen MR) is 95.1 cm³/mol. The first-order valence-electron chi connectivity index (χ1n) is 8.73. The first-order chi connectivity index (χ1) is 12.9. The highest BCUT2D eigenvalue weighted by Gasteiger charge is 2.36. The van der Waals surface area contributed by atoms with Gasteiger partial charge in [0.15, 0.2) is 5.70 Å². The van der Waals surface area contributed by atoms with E-state index >= 15 is 0 Å². The fourth-order valence-corrected chi connectivity index (χ4v) is 3.98. The van der Waals surface area contributed by atoms with Crippen molar-refractivity contribution in [3.05, 3.63) is 58.3 Å². The number of rotatable bonds is 2. The minimum atomic E-state index is -0.253. The van der Waals surface area contributed by atoms with E-state index in [4.69, 9.17) is 11.2 Å². The molecule has 2 atom stereocenters. The van der Waals surface area contributed by atoms with Crippen LogP contribution in [0, 0.1) is 6.57 Å². The van der Waals surface area contributed by atoms with Crippen LogP contribution in [0.25, 0.3) is 15.9 Å². The summed E-state index contributed by atoms with van der Waals surface area (Å²) in [5.74, 6) is 0.579. The minimum Gasteiger partial charge on any atom is -0.352 e. The Morgan fingerprint density at radius 1 is 1.19 bits per heavy atom. The van der Waals surface area contributed by atoms with Crippen molar-refractivity contribution in [3.63, 3.8) is 0 Å². The second kappa shape index (κ2) is 5.97. The number of allylic oxidation sites excluding steroid dienone is 1. The zero-order valence-corrected chi connectivity index (χ0v) is 14.0. The summed E-state index contributed by atoms with van der Waals surface area (Å²) in [6.07, 6.45) is 5.10. The van der Waals surface area contributed by atoms with Crippen molar-refractivity contribution in [1.29, 1.82) is 0 Å². The number of benzene rings is 1. The van der Waals surface area contributed by atoms with Gasteiger partial charge in [-0.25, -0.2) is 9.47 Å². The third-order valence-corrected chi connectivity index (χ3v) is 5.20. The molecule has 5 rings (SSSR count). The molecule has 0 spiro atoms. The number of nitrogens with zero attached hydrogens (tertiary/aromatic N) is 4. The summed E-state index contributed by atoms with van der Waals surface area (Å²) in [6, 6.07) is 5.90. The Labute approximate surface area is 149 Å². The molecule has 1 fully saturated rings. The van der Waals surface area contributed by atoms with Crippen LogP contribution in [0.1, 0.15) is 36.3 Å². The van der Waals surface area contributed by atoms with Gasteiger partial charge in [0.25, 0.3) is 0 Å². The summed E-state index contributed by atoms with van der Waals surface area (Å²) >= 11 is 0. The van der Waals surface area contributed by atoms with Crippen LogP contribution in [0.15, 0.2) is 40.4 Å². The van der Waals surface area contributed by atoms with Crippen molar-refractivity contribution >= 4 is 16.9 Å². The first-order valence-corrected chi connectivity index (χ1v) is 8.73. The van der Waals surface area contributed by atoms with Gasteiger partial charge in [-0.1, -0.05) is 18.6 Å². The second-order valence-corrected chi connectivity index (χ2v) is 6.65. The van der Waals surface area contributed by atoms with Crippen LogP contribution in [-0.2, 0) is 0 Å². The maximum Gasteiger partial charge on any atom is 0.197 e. The average Bonchev–Trinajstić information content (AvgIpc) is 3.36. The molecule has 3 N–H and O–H groups in total. The van der Waals surface area contributed by atoms with E-state index in [9.17, 15) is 0 Å². The van der Waals surface area contributed by atoms with Gasteiger partial charge in [0.2, 0.25) is 0 Å². The summed E-state index contributed by atoms with van der Waals surface area (Å²) < 4.78 is 4.93. The molecule has 0 aliphatic carbocycles. The lowest BCUT2D eigenvalue weighted by molar-refractivity contribution is 0.315. The number of hydrogen-bond donors (Lipinski definition) is 3. The third kappa shape index (κ3) is 2.21. The van der Waals surface area contributed by atoms with E-state index in [0.29, 0.717) is 16.7 Å². The molecule has 1 aromatic carbocycles. The molecular weight excluding hydrogens is 330 g/mol. The molecule has 2 aliphatic rings. The number of H-pyrrole nitrogens is 1. The quantitative estimate of drug-likeness (QED) is 0.617. The Balaban J connectivity index is 1.72. The van der Waals surface area contributed by atoms with Crippen LogP contribution >= 0.6 is 0 Å². The van der Waals surface area contributed by atoms with E-state index in [0.717, 1.165) is 42.0 Å². The number of aromatic nitrogens is 4. The Hall–Kier alpha value is -3.18. The Bertz CT molecular complexity index is 1040. The zero-order chi connectivity index (χ0) is 17.5. The lowest BCUT2D eigenvalue weighted by atomic mass is 9.84. The predicted octanol–water partition coefficient (Wildman–Crippen LogP) is 2.78. The van der Waals surface area contributed by atoms with E-state index in [1.807, 2.05) is 18.2 Å². The Morgan fingerprint density at radius 3 is 3.00 bits per heavy atom. The third-order valence-electron chi connectivity index (χ3n) is 5.20. The van der Waals surface area contributed by atoms with Crippen molar-refractivity contribution in [2.45, 2.75) is 31.2 Å². The smallest absolute Gasteiger partial charge is 0.197 e. The normalized spacial score (nSPS) is 22.7. The maximum atomic E-state index is 7.90. The highest BCUT2D eigenvalue weighted by atomic mass is 16.6. The number of anilines is 1. The minimum absolute atomic E-state index is 0.140. The average molecular weight is 347 g/mol. The standard InChI is InChI=1S/C18H17N7O/c1-19-17-14(10-5-4-7-13-15(10)25-26-24-13)11-9-21-23-18(11)22-16(17)12-6-2-3-8-20-12/h4-5,7,9,12,14,20H,2-3,6,8H2,(H2,21,22,23). The Morgan fingerprint density at radius 2 is 2.15 bits per heavy atom. The molecule has 2 aliphatic heterocycles. The van der Waals surface area contributed by atoms with Crippen molar-refractivity contribution in [1.82, 2.24) is 25.8 Å². The molecule has 26 heavy (non-hydrogen) atoms. The molecule has 2 aromatic heterocycles. The largest absolute Gasteiger partial charge is 0.352 e. The number of nitrogens with one attached hydrogen (secondary N) is 3. The van der Waals surface area contributed by atoms with E-state index in [-0.39, 0.29) is 12.0 Å². The van der Waals surface area contributed by atoms with Crippen molar-refractivity contribution in [2.75, 3.05) is 11.9 Å². The van der Waals surface area contributed by atoms with Gasteiger partial charge in [-0.2, -0.15) is 5.10 Å². The molecule has 1 saturated heterocycles. The van der Waals surface area contributed by atoms with Gasteiger partial charge in [0.1, 0.15) is 16.9 Å². The lowest BCUT2D eigenvalue weighted by Gasteiger charge is -2.33. The summed E-state index contributed by atoms with van der Waals surface area (Å²) in [7, 11) is 0. The molecule has 8 heteroatoms. The molecule has 8 nitrogen and oxygen atoms in total. The van der Waals surface area contributed by atoms with Crippen molar-refractivity contribution < 1.29 is 4.63 Å². The number of aromatic amines is 1. The molecule has 0 amide bonds. The fourth-order valence-electron chi connectivity index (χ4n) is 3.98. The van der Waals surface area contributed by atoms with Crippen LogP contribution in [0.5, 0.6) is 0 Å². The van der Waals surface area contributed by atoms with Crippen LogP contribution < -0.4 is 10.6 Å². The maximum absolute atomic E-state index is 7.90.